The van der Waals surface area contributed by atoms with E-state index in [4.69, 9.17) is 20.2 Å². The van der Waals surface area contributed by atoms with Crippen molar-refractivity contribution in [1.82, 2.24) is 9.80 Å². The summed E-state index contributed by atoms with van der Waals surface area (Å²) in [4.78, 5) is 65.0. The molecule has 2 atom stereocenters. The second-order valence-corrected chi connectivity index (χ2v) is 8.95. The zero-order valence-corrected chi connectivity index (χ0v) is 18.2. The van der Waals surface area contributed by atoms with Gasteiger partial charge in [-0.3, -0.25) is 29.0 Å². The molecule has 3 amide bonds. The summed E-state index contributed by atoms with van der Waals surface area (Å²) in [6.07, 6.45) is 0. The molecule has 0 aliphatic carbocycles. The standard InChI is InChI=1S/C19H19ClN2O7S/c1-10(23)29-19(17(27)28-4,18(2,3)30-20)21-9-13(16(21)26)22-14(24)11-7-5-6-8-12(11)15(22)25/h5-8,13H,9H2,1-4H3. The fraction of sp³-hybridized carbons (Fsp3) is 0.421. The number of likely N-dealkylation sites (tertiary alicyclic amines) is 1. The van der Waals surface area contributed by atoms with Crippen LogP contribution in [-0.4, -0.2) is 69.6 Å². The first-order valence-electron chi connectivity index (χ1n) is 8.89. The summed E-state index contributed by atoms with van der Waals surface area (Å²) in [6, 6.07) is 5.09. The van der Waals surface area contributed by atoms with Gasteiger partial charge in [-0.1, -0.05) is 12.1 Å². The first-order valence-corrected chi connectivity index (χ1v) is 10.5. The zero-order chi connectivity index (χ0) is 22.4. The Kier molecular flexibility index (Phi) is 5.59. The summed E-state index contributed by atoms with van der Waals surface area (Å²) in [5, 5.41) is 0. The molecule has 0 radical (unpaired) electrons. The molecule has 3 rings (SSSR count). The zero-order valence-electron chi connectivity index (χ0n) is 16.6. The number of carbonyl (C=O) groups is 5. The van der Waals surface area contributed by atoms with E-state index in [1.165, 1.54) is 26.0 Å². The summed E-state index contributed by atoms with van der Waals surface area (Å²) >= 11 is 0. The summed E-state index contributed by atoms with van der Waals surface area (Å²) in [7, 11) is 7.73. The van der Waals surface area contributed by atoms with Crippen molar-refractivity contribution in [2.45, 2.75) is 37.3 Å². The van der Waals surface area contributed by atoms with E-state index in [0.29, 0.717) is 11.0 Å². The SMILES string of the molecule is COC(=O)C(OC(C)=O)(N1CC(N2C(=O)c3ccccc3C2=O)C1=O)C(C)(C)SCl. The largest absolute Gasteiger partial charge is 0.465 e. The number of carbonyl (C=O) groups excluding carboxylic acids is 5. The Morgan fingerprint density at radius 1 is 1.13 bits per heavy atom. The fourth-order valence-corrected chi connectivity index (χ4v) is 4.33. The molecule has 0 saturated carbocycles. The molecular formula is C19H19ClN2O7S. The number of fused-ring (bicyclic) bond motifs is 1. The first-order chi connectivity index (χ1) is 14.0. The van der Waals surface area contributed by atoms with Gasteiger partial charge in [-0.05, 0) is 47.6 Å². The maximum atomic E-state index is 13.1. The molecule has 2 unspecified atom stereocenters. The second-order valence-electron chi connectivity index (χ2n) is 7.31. The number of rotatable bonds is 6. The molecule has 30 heavy (non-hydrogen) atoms. The highest BCUT2D eigenvalue weighted by molar-refractivity contribution is 8.22. The topological polar surface area (TPSA) is 110 Å². The third kappa shape index (κ3) is 2.97. The van der Waals surface area contributed by atoms with E-state index in [0.717, 1.165) is 23.8 Å². The summed E-state index contributed by atoms with van der Waals surface area (Å²) in [5.74, 6) is -3.79. The quantitative estimate of drug-likeness (QED) is 0.362. The molecule has 1 saturated heterocycles. The number of hydrogen-bond donors (Lipinski definition) is 0. The monoisotopic (exact) mass is 454 g/mol. The minimum Gasteiger partial charge on any atom is -0.465 e. The number of imide groups is 1. The van der Waals surface area contributed by atoms with Crippen molar-refractivity contribution in [3.63, 3.8) is 0 Å². The average Bonchev–Trinajstić information content (AvgIpc) is 2.96. The number of ether oxygens (including phenoxy) is 2. The molecular weight excluding hydrogens is 436 g/mol. The Bertz CT molecular complexity index is 931. The lowest BCUT2D eigenvalue weighted by Gasteiger charge is -2.54. The van der Waals surface area contributed by atoms with Crippen LogP contribution < -0.4 is 0 Å². The van der Waals surface area contributed by atoms with Crippen LogP contribution in [-0.2, 0) is 23.9 Å². The van der Waals surface area contributed by atoms with Gasteiger partial charge in [-0.2, -0.15) is 0 Å². The van der Waals surface area contributed by atoms with Gasteiger partial charge in [-0.15, -0.1) is 0 Å². The molecule has 11 heteroatoms. The van der Waals surface area contributed by atoms with Gasteiger partial charge in [0.2, 0.25) is 0 Å². The second kappa shape index (κ2) is 7.59. The predicted octanol–water partition coefficient (Wildman–Crippen LogP) is 1.59. The first kappa shape index (κ1) is 22.1. The van der Waals surface area contributed by atoms with E-state index >= 15 is 0 Å². The Hall–Kier alpha value is -2.59. The van der Waals surface area contributed by atoms with Gasteiger partial charge in [0.1, 0.15) is 6.04 Å². The Balaban J connectivity index is 1.98. The molecule has 1 fully saturated rings. The highest BCUT2D eigenvalue weighted by Gasteiger charge is 2.67. The molecule has 1 aromatic carbocycles. The fourth-order valence-electron chi connectivity index (χ4n) is 3.67. The van der Waals surface area contributed by atoms with Crippen LogP contribution in [0.15, 0.2) is 24.3 Å². The van der Waals surface area contributed by atoms with E-state index in [1.807, 2.05) is 0 Å². The van der Waals surface area contributed by atoms with Gasteiger partial charge in [0.15, 0.2) is 0 Å². The minimum atomic E-state index is -2.19. The molecule has 0 N–H and O–H groups in total. The Morgan fingerprint density at radius 3 is 2.07 bits per heavy atom. The molecule has 0 spiro atoms. The lowest BCUT2D eigenvalue weighted by Crippen LogP contribution is -2.78. The van der Waals surface area contributed by atoms with Crippen LogP contribution in [0.5, 0.6) is 0 Å². The number of benzene rings is 1. The predicted molar refractivity (Wildman–Crippen MR) is 106 cm³/mol. The van der Waals surface area contributed by atoms with E-state index in [-0.39, 0.29) is 17.7 Å². The number of esters is 2. The molecule has 0 bridgehead atoms. The number of hydrogen-bond acceptors (Lipinski definition) is 8. The number of nitrogens with zero attached hydrogens (tertiary/aromatic N) is 2. The number of amides is 3. The minimum absolute atomic E-state index is 0.199. The maximum absolute atomic E-state index is 13.1. The van der Waals surface area contributed by atoms with Gasteiger partial charge in [0, 0.05) is 6.92 Å². The highest BCUT2D eigenvalue weighted by Crippen LogP contribution is 2.46. The van der Waals surface area contributed by atoms with Crippen molar-refractivity contribution >= 4 is 51.3 Å². The number of halogens is 1. The van der Waals surface area contributed by atoms with E-state index in [1.54, 1.807) is 12.1 Å². The molecule has 0 aromatic heterocycles. The number of β-lactam (4-membered cyclic amide) rings is 1. The van der Waals surface area contributed by atoms with Crippen LogP contribution in [0, 0.1) is 0 Å². The van der Waals surface area contributed by atoms with Gasteiger partial charge >= 0.3 is 17.7 Å². The summed E-state index contributed by atoms with van der Waals surface area (Å²) in [5.41, 5.74) is -1.79. The van der Waals surface area contributed by atoms with E-state index in [2.05, 4.69) is 0 Å². The van der Waals surface area contributed by atoms with E-state index < -0.39 is 46.2 Å². The molecule has 2 aliphatic heterocycles. The number of methoxy groups -OCH3 is 1. The van der Waals surface area contributed by atoms with Crippen LogP contribution >= 0.6 is 21.7 Å². The van der Waals surface area contributed by atoms with Crippen LogP contribution in [0.1, 0.15) is 41.5 Å². The van der Waals surface area contributed by atoms with Crippen molar-refractivity contribution < 1.29 is 33.4 Å². The van der Waals surface area contributed by atoms with Gasteiger partial charge in [-0.25, -0.2) is 4.79 Å². The lowest BCUT2D eigenvalue weighted by molar-refractivity contribution is -0.223. The summed E-state index contributed by atoms with van der Waals surface area (Å²) < 4.78 is 8.86. The van der Waals surface area contributed by atoms with Crippen LogP contribution in [0.3, 0.4) is 0 Å². The lowest BCUT2D eigenvalue weighted by atomic mass is 9.90. The van der Waals surface area contributed by atoms with Crippen molar-refractivity contribution in [3.8, 4) is 0 Å². The van der Waals surface area contributed by atoms with Gasteiger partial charge in [0.25, 0.3) is 17.7 Å². The molecule has 2 aliphatic rings. The molecule has 9 nitrogen and oxygen atoms in total. The normalized spacial score (nSPS) is 20.4. The van der Waals surface area contributed by atoms with Crippen molar-refractivity contribution in [2.75, 3.05) is 13.7 Å². The van der Waals surface area contributed by atoms with Crippen LogP contribution in [0.2, 0.25) is 0 Å². The highest BCUT2D eigenvalue weighted by atomic mass is 35.7. The van der Waals surface area contributed by atoms with Crippen molar-refractivity contribution in [3.05, 3.63) is 35.4 Å². The Morgan fingerprint density at radius 2 is 1.67 bits per heavy atom. The smallest absolute Gasteiger partial charge is 0.374 e. The molecule has 1 aromatic rings. The van der Waals surface area contributed by atoms with Gasteiger partial charge in [0.05, 0.1) is 29.5 Å². The molecule has 160 valence electrons. The Labute approximate surface area is 181 Å². The molecule has 2 heterocycles. The summed E-state index contributed by atoms with van der Waals surface area (Å²) in [6.45, 7) is 3.87. The average molecular weight is 455 g/mol. The third-order valence-corrected chi connectivity index (χ3v) is 7.01. The maximum Gasteiger partial charge on any atom is 0.374 e. The van der Waals surface area contributed by atoms with Gasteiger partial charge < -0.3 is 9.47 Å². The van der Waals surface area contributed by atoms with Crippen LogP contribution in [0.4, 0.5) is 0 Å². The van der Waals surface area contributed by atoms with E-state index in [9.17, 15) is 24.0 Å². The third-order valence-electron chi connectivity index (χ3n) is 5.19. The van der Waals surface area contributed by atoms with Crippen molar-refractivity contribution in [2.24, 2.45) is 0 Å². The van der Waals surface area contributed by atoms with Crippen LogP contribution in [0.25, 0.3) is 0 Å². The van der Waals surface area contributed by atoms with Crippen molar-refractivity contribution in [1.29, 1.82) is 0 Å².